The highest BCUT2D eigenvalue weighted by molar-refractivity contribution is 7.09. The Bertz CT molecular complexity index is 669. The van der Waals surface area contributed by atoms with Crippen LogP contribution in [0.1, 0.15) is 28.0 Å². The molecule has 0 saturated carbocycles. The lowest BCUT2D eigenvalue weighted by molar-refractivity contribution is -0.123. The van der Waals surface area contributed by atoms with Crippen molar-refractivity contribution in [3.8, 4) is 5.75 Å². The summed E-state index contributed by atoms with van der Waals surface area (Å²) in [6, 6.07) is 7.56. The molecule has 0 aliphatic rings. The number of rotatable bonds is 7. The van der Waals surface area contributed by atoms with Crippen LogP contribution in [0.4, 0.5) is 0 Å². The van der Waals surface area contributed by atoms with E-state index in [1.54, 1.807) is 0 Å². The summed E-state index contributed by atoms with van der Waals surface area (Å²) in [5, 5.41) is 13.4. The molecule has 0 saturated heterocycles. The number of amides is 1. The minimum Gasteiger partial charge on any atom is -0.483 e. The molecule has 0 aliphatic heterocycles. The Morgan fingerprint density at radius 3 is 2.82 bits per heavy atom. The maximum absolute atomic E-state index is 11.8. The van der Waals surface area contributed by atoms with Crippen LogP contribution in [-0.2, 0) is 17.8 Å². The second-order valence-corrected chi connectivity index (χ2v) is 5.40. The van der Waals surface area contributed by atoms with Gasteiger partial charge in [-0.2, -0.15) is 0 Å². The summed E-state index contributed by atoms with van der Waals surface area (Å²) >= 11 is 1.19. The average molecular weight is 320 g/mol. The van der Waals surface area contributed by atoms with Gasteiger partial charge in [0.2, 0.25) is 0 Å². The fraction of sp³-hybridized carbons (Fsp3) is 0.267. The average Bonchev–Trinajstić information content (AvgIpc) is 3.00. The number of aromatic nitrogens is 1. The summed E-state index contributed by atoms with van der Waals surface area (Å²) in [5.74, 6) is -0.658. The van der Waals surface area contributed by atoms with Crippen molar-refractivity contribution in [1.82, 2.24) is 10.3 Å². The van der Waals surface area contributed by atoms with Crippen LogP contribution in [0.15, 0.2) is 29.6 Å². The van der Waals surface area contributed by atoms with Gasteiger partial charge in [0.1, 0.15) is 10.8 Å². The molecular weight excluding hydrogens is 304 g/mol. The van der Waals surface area contributed by atoms with E-state index in [0.717, 1.165) is 12.0 Å². The van der Waals surface area contributed by atoms with Gasteiger partial charge in [0.25, 0.3) is 5.91 Å². The zero-order valence-electron chi connectivity index (χ0n) is 12.0. The molecule has 0 spiro atoms. The van der Waals surface area contributed by atoms with E-state index in [1.807, 2.05) is 31.2 Å². The van der Waals surface area contributed by atoms with E-state index in [4.69, 9.17) is 9.84 Å². The summed E-state index contributed by atoms with van der Waals surface area (Å²) in [5.41, 5.74) is 1.03. The molecule has 2 aromatic rings. The molecule has 6 nitrogen and oxygen atoms in total. The molecule has 116 valence electrons. The van der Waals surface area contributed by atoms with Crippen LogP contribution < -0.4 is 10.1 Å². The molecule has 1 amide bonds. The number of thiazole rings is 1. The third kappa shape index (κ3) is 4.29. The van der Waals surface area contributed by atoms with Crippen LogP contribution >= 0.6 is 11.3 Å². The molecule has 7 heteroatoms. The van der Waals surface area contributed by atoms with Crippen molar-refractivity contribution in [2.45, 2.75) is 19.9 Å². The molecule has 0 atom stereocenters. The highest BCUT2D eigenvalue weighted by Crippen LogP contribution is 2.18. The zero-order valence-corrected chi connectivity index (χ0v) is 12.9. The van der Waals surface area contributed by atoms with Crippen molar-refractivity contribution >= 4 is 23.2 Å². The molecular formula is C15H16N2O4S. The number of carbonyl (C=O) groups excluding carboxylic acids is 1. The summed E-state index contributed by atoms with van der Waals surface area (Å²) in [6.45, 7) is 2.12. The van der Waals surface area contributed by atoms with Crippen LogP contribution in [0.2, 0.25) is 0 Å². The number of hydrogen-bond donors (Lipinski definition) is 2. The molecule has 0 bridgehead atoms. The molecule has 1 aromatic heterocycles. The Morgan fingerprint density at radius 2 is 2.14 bits per heavy atom. The zero-order chi connectivity index (χ0) is 15.9. The first-order valence-electron chi connectivity index (χ1n) is 6.75. The fourth-order valence-corrected chi connectivity index (χ4v) is 2.50. The van der Waals surface area contributed by atoms with Crippen LogP contribution in [-0.4, -0.2) is 28.6 Å². The quantitative estimate of drug-likeness (QED) is 0.815. The maximum Gasteiger partial charge on any atom is 0.355 e. The largest absolute Gasteiger partial charge is 0.483 e. The fourth-order valence-electron chi connectivity index (χ4n) is 1.80. The van der Waals surface area contributed by atoms with Gasteiger partial charge in [-0.15, -0.1) is 11.3 Å². The number of carboxylic acids is 1. The first kappa shape index (κ1) is 16.0. The SMILES string of the molecule is CCc1ccccc1OCC(=O)NCc1nc(C(=O)O)cs1. The Kier molecular flexibility index (Phi) is 5.48. The number of nitrogens with zero attached hydrogens (tertiary/aromatic N) is 1. The van der Waals surface area contributed by atoms with Crippen molar-refractivity contribution in [3.05, 3.63) is 45.9 Å². The molecule has 22 heavy (non-hydrogen) atoms. The number of para-hydroxylation sites is 1. The van der Waals surface area contributed by atoms with Gasteiger partial charge in [0.05, 0.1) is 6.54 Å². The monoisotopic (exact) mass is 320 g/mol. The van der Waals surface area contributed by atoms with E-state index in [0.29, 0.717) is 10.8 Å². The molecule has 1 heterocycles. The van der Waals surface area contributed by atoms with Gasteiger partial charge in [-0.3, -0.25) is 4.79 Å². The predicted octanol–water partition coefficient (Wildman–Crippen LogP) is 2.10. The third-order valence-electron chi connectivity index (χ3n) is 2.92. The molecule has 0 radical (unpaired) electrons. The standard InChI is InChI=1S/C15H16N2O4S/c1-2-10-5-3-4-6-12(10)21-8-13(18)16-7-14-17-11(9-22-14)15(19)20/h3-6,9H,2,7-8H2,1H3,(H,16,18)(H,19,20). The molecule has 0 fully saturated rings. The van der Waals surface area contributed by atoms with Crippen molar-refractivity contribution in [2.24, 2.45) is 0 Å². The Balaban J connectivity index is 1.81. The van der Waals surface area contributed by atoms with Gasteiger partial charge >= 0.3 is 5.97 Å². The normalized spacial score (nSPS) is 10.2. The van der Waals surface area contributed by atoms with Gasteiger partial charge < -0.3 is 15.2 Å². The minimum absolute atomic E-state index is 0.0117. The van der Waals surface area contributed by atoms with E-state index in [1.165, 1.54) is 16.7 Å². The number of aromatic carboxylic acids is 1. The molecule has 1 aromatic carbocycles. The highest BCUT2D eigenvalue weighted by atomic mass is 32.1. The number of hydrogen-bond acceptors (Lipinski definition) is 5. The summed E-state index contributed by atoms with van der Waals surface area (Å²) in [4.78, 5) is 26.4. The maximum atomic E-state index is 11.8. The number of carbonyl (C=O) groups is 2. The molecule has 0 unspecified atom stereocenters. The number of carboxylic acid groups (broad SMARTS) is 1. The van der Waals surface area contributed by atoms with E-state index in [-0.39, 0.29) is 24.8 Å². The lowest BCUT2D eigenvalue weighted by Gasteiger charge is -2.09. The second kappa shape index (κ2) is 7.56. The smallest absolute Gasteiger partial charge is 0.355 e. The van der Waals surface area contributed by atoms with Crippen LogP contribution in [0.25, 0.3) is 0 Å². The summed E-state index contributed by atoms with van der Waals surface area (Å²) in [6.07, 6.45) is 0.828. The Morgan fingerprint density at radius 1 is 1.36 bits per heavy atom. The van der Waals surface area contributed by atoms with Gasteiger partial charge in [0.15, 0.2) is 12.3 Å². The van der Waals surface area contributed by atoms with Gasteiger partial charge in [-0.1, -0.05) is 25.1 Å². The highest BCUT2D eigenvalue weighted by Gasteiger charge is 2.10. The van der Waals surface area contributed by atoms with Gasteiger partial charge in [-0.05, 0) is 18.1 Å². The topological polar surface area (TPSA) is 88.5 Å². The van der Waals surface area contributed by atoms with E-state index < -0.39 is 5.97 Å². The van der Waals surface area contributed by atoms with Gasteiger partial charge in [-0.25, -0.2) is 9.78 Å². The lowest BCUT2D eigenvalue weighted by atomic mass is 10.1. The van der Waals surface area contributed by atoms with Crippen LogP contribution in [0.5, 0.6) is 5.75 Å². The Labute approximate surface area is 131 Å². The van der Waals surface area contributed by atoms with Crippen molar-refractivity contribution in [3.63, 3.8) is 0 Å². The van der Waals surface area contributed by atoms with Crippen LogP contribution in [0.3, 0.4) is 0 Å². The predicted molar refractivity (Wildman–Crippen MR) is 82.2 cm³/mol. The molecule has 0 aliphatic carbocycles. The molecule has 2 N–H and O–H groups in total. The number of nitrogens with one attached hydrogen (secondary N) is 1. The van der Waals surface area contributed by atoms with E-state index in [2.05, 4.69) is 10.3 Å². The van der Waals surface area contributed by atoms with E-state index in [9.17, 15) is 9.59 Å². The number of ether oxygens (including phenoxy) is 1. The molecule has 2 rings (SSSR count). The number of aryl methyl sites for hydroxylation is 1. The summed E-state index contributed by atoms with van der Waals surface area (Å²) in [7, 11) is 0. The first-order chi connectivity index (χ1) is 10.6. The van der Waals surface area contributed by atoms with Crippen LogP contribution in [0, 0.1) is 0 Å². The summed E-state index contributed by atoms with van der Waals surface area (Å²) < 4.78 is 5.50. The van der Waals surface area contributed by atoms with Crippen molar-refractivity contribution in [2.75, 3.05) is 6.61 Å². The lowest BCUT2D eigenvalue weighted by Crippen LogP contribution is -2.28. The Hall–Kier alpha value is -2.41. The first-order valence-corrected chi connectivity index (χ1v) is 7.63. The van der Waals surface area contributed by atoms with Crippen molar-refractivity contribution < 1.29 is 19.4 Å². The van der Waals surface area contributed by atoms with E-state index >= 15 is 0 Å². The minimum atomic E-state index is -1.08. The van der Waals surface area contributed by atoms with Crippen molar-refractivity contribution in [1.29, 1.82) is 0 Å². The number of benzene rings is 1. The second-order valence-electron chi connectivity index (χ2n) is 4.46. The third-order valence-corrected chi connectivity index (χ3v) is 3.77. The van der Waals surface area contributed by atoms with Gasteiger partial charge in [0, 0.05) is 5.38 Å².